The normalized spacial score (nSPS) is 17.6. The fraction of sp³-hybridized carbons (Fsp3) is 0.231. The predicted molar refractivity (Wildman–Crippen MR) is 67.8 cm³/mol. The lowest BCUT2D eigenvalue weighted by atomic mass is 9.94. The van der Waals surface area contributed by atoms with Gasteiger partial charge in [0.05, 0.1) is 0 Å². The molecule has 3 rings (SSSR count). The Kier molecular flexibility index (Phi) is 2.94. The van der Waals surface area contributed by atoms with Gasteiger partial charge in [-0.3, -0.25) is 9.89 Å². The van der Waals surface area contributed by atoms with Gasteiger partial charge in [0.2, 0.25) is 5.82 Å². The van der Waals surface area contributed by atoms with Gasteiger partial charge in [0.25, 0.3) is 5.91 Å². The van der Waals surface area contributed by atoms with E-state index < -0.39 is 17.9 Å². The minimum absolute atomic E-state index is 0.0515. The van der Waals surface area contributed by atoms with Gasteiger partial charge in [-0.2, -0.15) is 5.10 Å². The van der Waals surface area contributed by atoms with E-state index in [9.17, 15) is 14.7 Å². The Morgan fingerprint density at radius 3 is 2.70 bits per heavy atom. The number of hydrogen-bond donors (Lipinski definition) is 2. The summed E-state index contributed by atoms with van der Waals surface area (Å²) in [5.41, 5.74) is 1.92. The number of amides is 1. The first-order chi connectivity index (χ1) is 9.66. The molecule has 1 aliphatic heterocycles. The Bertz CT molecular complexity index is 653. The molecule has 0 unspecified atom stereocenters. The highest BCUT2D eigenvalue weighted by atomic mass is 16.4. The second kappa shape index (κ2) is 4.76. The molecule has 20 heavy (non-hydrogen) atoms. The maximum Gasteiger partial charge on any atom is 0.326 e. The van der Waals surface area contributed by atoms with Crippen LogP contribution in [0, 0.1) is 0 Å². The molecular weight excluding hydrogens is 260 g/mol. The number of benzene rings is 1. The fourth-order valence-electron chi connectivity index (χ4n) is 2.40. The number of hydrogen-bond acceptors (Lipinski definition) is 4. The Hall–Kier alpha value is -2.70. The predicted octanol–water partition coefficient (Wildman–Crippen LogP) is 0.456. The van der Waals surface area contributed by atoms with E-state index in [1.54, 1.807) is 0 Å². The van der Waals surface area contributed by atoms with Crippen molar-refractivity contribution in [1.29, 1.82) is 0 Å². The first kappa shape index (κ1) is 12.3. The van der Waals surface area contributed by atoms with E-state index in [2.05, 4.69) is 15.2 Å². The molecule has 1 aromatic heterocycles. The van der Waals surface area contributed by atoms with Crippen LogP contribution in [0.3, 0.4) is 0 Å². The van der Waals surface area contributed by atoms with Crippen LogP contribution in [0.25, 0.3) is 0 Å². The molecule has 102 valence electrons. The number of carboxylic acid groups (broad SMARTS) is 1. The molecule has 1 aromatic carbocycles. The van der Waals surface area contributed by atoms with Gasteiger partial charge in [0.15, 0.2) is 0 Å². The molecule has 0 fully saturated rings. The Labute approximate surface area is 114 Å². The van der Waals surface area contributed by atoms with Crippen LogP contribution in [0.1, 0.15) is 21.7 Å². The monoisotopic (exact) mass is 272 g/mol. The number of carbonyl (C=O) groups excluding carboxylic acids is 1. The van der Waals surface area contributed by atoms with Crippen LogP contribution in [-0.4, -0.2) is 43.1 Å². The lowest BCUT2D eigenvalue weighted by Crippen LogP contribution is -2.48. The van der Waals surface area contributed by atoms with Gasteiger partial charge >= 0.3 is 5.97 Å². The van der Waals surface area contributed by atoms with Crippen LogP contribution in [0.4, 0.5) is 0 Å². The second-order valence-corrected chi connectivity index (χ2v) is 4.59. The summed E-state index contributed by atoms with van der Waals surface area (Å²) in [5, 5.41) is 15.4. The summed E-state index contributed by atoms with van der Waals surface area (Å²) >= 11 is 0. The standard InChI is InChI=1S/C13H12N4O3/c18-12(11-14-7-15-16-11)17-6-9-4-2-1-3-8(9)5-10(17)13(19)20/h1-4,7,10H,5-6H2,(H,19,20)(H,14,15,16)/t10-/m1/s1. The van der Waals surface area contributed by atoms with Gasteiger partial charge in [-0.15, -0.1) is 0 Å². The number of aromatic nitrogens is 3. The lowest BCUT2D eigenvalue weighted by molar-refractivity contribution is -0.142. The number of H-pyrrole nitrogens is 1. The van der Waals surface area contributed by atoms with Crippen LogP contribution < -0.4 is 0 Å². The smallest absolute Gasteiger partial charge is 0.326 e. The third-order valence-corrected chi connectivity index (χ3v) is 3.41. The molecule has 7 heteroatoms. The maximum atomic E-state index is 12.3. The highest BCUT2D eigenvalue weighted by Crippen LogP contribution is 2.24. The van der Waals surface area contributed by atoms with E-state index >= 15 is 0 Å². The van der Waals surface area contributed by atoms with Crippen molar-refractivity contribution in [3.8, 4) is 0 Å². The number of nitrogens with zero attached hydrogens (tertiary/aromatic N) is 3. The Morgan fingerprint density at radius 2 is 2.05 bits per heavy atom. The minimum atomic E-state index is -1.02. The average molecular weight is 272 g/mol. The number of nitrogens with one attached hydrogen (secondary N) is 1. The first-order valence-corrected chi connectivity index (χ1v) is 6.12. The van der Waals surface area contributed by atoms with Crippen LogP contribution in [0.2, 0.25) is 0 Å². The number of carbonyl (C=O) groups is 2. The van der Waals surface area contributed by atoms with Crippen molar-refractivity contribution in [2.75, 3.05) is 0 Å². The Morgan fingerprint density at radius 1 is 1.30 bits per heavy atom. The largest absolute Gasteiger partial charge is 0.480 e. The molecule has 2 N–H and O–H groups in total. The number of carboxylic acids is 1. The van der Waals surface area contributed by atoms with E-state index in [0.717, 1.165) is 11.1 Å². The number of fused-ring (bicyclic) bond motifs is 1. The molecule has 1 atom stereocenters. The van der Waals surface area contributed by atoms with Gasteiger partial charge in [-0.05, 0) is 11.1 Å². The molecule has 2 aromatic rings. The fourth-order valence-corrected chi connectivity index (χ4v) is 2.40. The van der Waals surface area contributed by atoms with Gasteiger partial charge in [-0.25, -0.2) is 9.78 Å². The van der Waals surface area contributed by atoms with E-state index in [1.807, 2.05) is 24.3 Å². The SMILES string of the molecule is O=C(O)[C@H]1Cc2ccccc2CN1C(=O)c1ncn[nH]1. The van der Waals surface area contributed by atoms with Crippen LogP contribution in [0.15, 0.2) is 30.6 Å². The van der Waals surface area contributed by atoms with Crippen molar-refractivity contribution in [2.45, 2.75) is 19.0 Å². The van der Waals surface area contributed by atoms with Gasteiger partial charge in [0.1, 0.15) is 12.4 Å². The van der Waals surface area contributed by atoms with Crippen molar-refractivity contribution in [2.24, 2.45) is 0 Å². The zero-order valence-electron chi connectivity index (χ0n) is 10.5. The number of rotatable bonds is 2. The lowest BCUT2D eigenvalue weighted by Gasteiger charge is -2.33. The molecule has 1 aliphatic rings. The third kappa shape index (κ3) is 2.03. The maximum absolute atomic E-state index is 12.3. The summed E-state index contributed by atoms with van der Waals surface area (Å²) in [4.78, 5) is 28.8. The third-order valence-electron chi connectivity index (χ3n) is 3.41. The van der Waals surface area contributed by atoms with Crippen molar-refractivity contribution in [3.05, 3.63) is 47.5 Å². The van der Waals surface area contributed by atoms with Gasteiger partial charge in [-0.1, -0.05) is 24.3 Å². The molecule has 0 spiro atoms. The van der Waals surface area contributed by atoms with Gasteiger partial charge < -0.3 is 10.0 Å². The van der Waals surface area contributed by atoms with Crippen LogP contribution >= 0.6 is 0 Å². The molecular formula is C13H12N4O3. The van der Waals surface area contributed by atoms with E-state index in [-0.39, 0.29) is 12.4 Å². The zero-order valence-corrected chi connectivity index (χ0v) is 10.5. The van der Waals surface area contributed by atoms with Crippen molar-refractivity contribution in [1.82, 2.24) is 20.1 Å². The number of aliphatic carboxylic acids is 1. The molecule has 0 bridgehead atoms. The van der Waals surface area contributed by atoms with E-state index in [1.165, 1.54) is 11.2 Å². The Balaban J connectivity index is 1.96. The highest BCUT2D eigenvalue weighted by molar-refractivity contribution is 5.93. The number of aromatic amines is 1. The molecule has 1 amide bonds. The molecule has 0 radical (unpaired) electrons. The topological polar surface area (TPSA) is 99.2 Å². The molecule has 0 saturated heterocycles. The van der Waals surface area contributed by atoms with E-state index in [0.29, 0.717) is 6.42 Å². The molecule has 0 saturated carbocycles. The zero-order chi connectivity index (χ0) is 14.1. The summed E-state index contributed by atoms with van der Waals surface area (Å²) in [6.07, 6.45) is 1.52. The minimum Gasteiger partial charge on any atom is -0.480 e. The van der Waals surface area contributed by atoms with Crippen molar-refractivity contribution >= 4 is 11.9 Å². The highest BCUT2D eigenvalue weighted by Gasteiger charge is 2.35. The molecule has 7 nitrogen and oxygen atoms in total. The van der Waals surface area contributed by atoms with Gasteiger partial charge in [0, 0.05) is 13.0 Å². The molecule has 2 heterocycles. The summed E-state index contributed by atoms with van der Waals surface area (Å²) < 4.78 is 0. The van der Waals surface area contributed by atoms with Crippen molar-refractivity contribution in [3.63, 3.8) is 0 Å². The van der Waals surface area contributed by atoms with Crippen molar-refractivity contribution < 1.29 is 14.7 Å². The summed E-state index contributed by atoms with van der Waals surface area (Å²) in [7, 11) is 0. The average Bonchev–Trinajstić information content (AvgIpc) is 2.99. The van der Waals surface area contributed by atoms with Crippen LogP contribution in [0.5, 0.6) is 0 Å². The molecule has 0 aliphatic carbocycles. The second-order valence-electron chi connectivity index (χ2n) is 4.59. The van der Waals surface area contributed by atoms with E-state index in [4.69, 9.17) is 0 Å². The summed E-state index contributed by atoms with van der Waals surface area (Å²) in [6.45, 7) is 0.257. The summed E-state index contributed by atoms with van der Waals surface area (Å²) in [6, 6.07) is 6.64. The van der Waals surface area contributed by atoms with Crippen LogP contribution in [-0.2, 0) is 17.8 Å². The first-order valence-electron chi connectivity index (χ1n) is 6.12. The summed E-state index contributed by atoms with van der Waals surface area (Å²) in [5.74, 6) is -1.42. The quantitative estimate of drug-likeness (QED) is 0.827.